The summed E-state index contributed by atoms with van der Waals surface area (Å²) in [6.07, 6.45) is 0. The average molecular weight is 294 g/mol. The number of aliphatic hydroxyl groups excluding tert-OH is 1. The predicted octanol–water partition coefficient (Wildman–Crippen LogP) is -2.13. The van der Waals surface area contributed by atoms with E-state index in [1.54, 1.807) is 0 Å². The van der Waals surface area contributed by atoms with Crippen molar-refractivity contribution in [3.05, 3.63) is 7.11 Å². The summed E-state index contributed by atoms with van der Waals surface area (Å²) in [5.41, 5.74) is 0. The Morgan fingerprint density at radius 2 is 1.92 bits per heavy atom. The minimum absolute atomic E-state index is 0. The molecule has 0 bridgehead atoms. The summed E-state index contributed by atoms with van der Waals surface area (Å²) in [6, 6.07) is 0. The maximum atomic E-state index is 10.0. The maximum absolute atomic E-state index is 10.0. The molecule has 0 aromatic carbocycles. The molecule has 0 unspecified atom stereocenters. The third kappa shape index (κ3) is 30.3. The summed E-state index contributed by atoms with van der Waals surface area (Å²) in [5, 5.41) is 13.5. The van der Waals surface area contributed by atoms with Crippen molar-refractivity contribution in [1.82, 2.24) is 0 Å². The van der Waals surface area contributed by atoms with Crippen LogP contribution in [0.1, 0.15) is 0 Å². The third-order valence-electron chi connectivity index (χ3n) is 0.482. The van der Waals surface area contributed by atoms with Crippen molar-refractivity contribution in [3.8, 4) is 0 Å². The van der Waals surface area contributed by atoms with Gasteiger partial charge in [0.2, 0.25) is 0 Å². The molecular formula is C5H14O5VY. The van der Waals surface area contributed by atoms with Crippen LogP contribution in [0.4, 0.5) is 0 Å². The molecule has 0 fully saturated rings. The van der Waals surface area contributed by atoms with Crippen LogP contribution in [-0.2, 0) is 60.8 Å². The Morgan fingerprint density at radius 1 is 1.58 bits per heavy atom. The molecule has 0 aromatic rings. The number of hydrogen-bond donors (Lipinski definition) is 1. The van der Waals surface area contributed by atoms with Crippen molar-refractivity contribution in [2.24, 2.45) is 0 Å². The SMILES string of the molecule is COCC(=O)CO.O.[CH2-][OH2+].[V].[Y]. The molecule has 0 spiro atoms. The van der Waals surface area contributed by atoms with Gasteiger partial charge < -0.3 is 20.4 Å². The van der Waals surface area contributed by atoms with Crippen LogP contribution in [0.25, 0.3) is 0 Å². The van der Waals surface area contributed by atoms with Gasteiger partial charge in [0.25, 0.3) is 0 Å². The van der Waals surface area contributed by atoms with Crippen molar-refractivity contribution in [2.45, 2.75) is 0 Å². The van der Waals surface area contributed by atoms with Crippen molar-refractivity contribution in [2.75, 3.05) is 20.3 Å². The van der Waals surface area contributed by atoms with E-state index in [1.165, 1.54) is 7.11 Å². The molecule has 72 valence electrons. The van der Waals surface area contributed by atoms with Gasteiger partial charge in [-0.05, 0) is 0 Å². The number of methoxy groups -OCH3 is 1. The van der Waals surface area contributed by atoms with Crippen LogP contribution < -0.4 is 0 Å². The number of aliphatic hydroxyl groups is 1. The molecule has 0 saturated heterocycles. The first-order chi connectivity index (χ1) is 4.31. The van der Waals surface area contributed by atoms with E-state index in [2.05, 4.69) is 11.8 Å². The number of carbonyl (C=O) groups is 1. The molecule has 0 amide bonds. The van der Waals surface area contributed by atoms with Gasteiger partial charge in [-0.15, -0.1) is 0 Å². The van der Waals surface area contributed by atoms with Gasteiger partial charge in [0, 0.05) is 58.4 Å². The van der Waals surface area contributed by atoms with E-state index in [-0.39, 0.29) is 69.1 Å². The molecule has 0 aliphatic carbocycles. The van der Waals surface area contributed by atoms with Crippen LogP contribution in [0.15, 0.2) is 0 Å². The van der Waals surface area contributed by atoms with E-state index in [9.17, 15) is 4.79 Å². The zero-order valence-electron chi connectivity index (χ0n) is 6.91. The molecule has 0 heterocycles. The zero-order valence-corrected chi connectivity index (χ0v) is 11.1. The summed E-state index contributed by atoms with van der Waals surface area (Å²) in [6.45, 7) is -0.412. The fourth-order valence-electron chi connectivity index (χ4n) is 0.207. The van der Waals surface area contributed by atoms with Crippen molar-refractivity contribution < 1.29 is 76.5 Å². The van der Waals surface area contributed by atoms with Crippen molar-refractivity contribution >= 4 is 5.78 Å². The molecule has 7 heteroatoms. The second kappa shape index (κ2) is 29.5. The second-order valence-corrected chi connectivity index (χ2v) is 1.13. The minimum atomic E-state index is -0.423. The van der Waals surface area contributed by atoms with Gasteiger partial charge in [-0.3, -0.25) is 4.79 Å². The number of carbonyl (C=O) groups excluding carboxylic acids is 1. The standard InChI is InChI=1S/C4H8O3.CH4O.H2O.V.Y/c1-7-3-4(6)2-5;1-2;;;/h5H,2-3H2,1H3;1-2H2;1H2;;. The van der Waals surface area contributed by atoms with Crippen molar-refractivity contribution in [3.63, 3.8) is 0 Å². The summed E-state index contributed by atoms with van der Waals surface area (Å²) >= 11 is 0. The molecule has 2 radical (unpaired) electrons. The van der Waals surface area contributed by atoms with Crippen molar-refractivity contribution in [1.29, 1.82) is 0 Å². The Bertz CT molecular complexity index is 72.9. The number of hydrogen-bond acceptors (Lipinski definition) is 3. The molecule has 12 heavy (non-hydrogen) atoms. The van der Waals surface area contributed by atoms with Gasteiger partial charge in [0.1, 0.15) is 13.2 Å². The van der Waals surface area contributed by atoms with Gasteiger partial charge in [-0.25, -0.2) is 0 Å². The molecular weight excluding hydrogens is 280 g/mol. The quantitative estimate of drug-likeness (QED) is 0.475. The van der Waals surface area contributed by atoms with E-state index in [0.29, 0.717) is 0 Å². The van der Waals surface area contributed by atoms with Gasteiger partial charge >= 0.3 is 0 Å². The van der Waals surface area contributed by atoms with Crippen LogP contribution in [0.5, 0.6) is 0 Å². The zero-order chi connectivity index (χ0) is 7.70. The second-order valence-electron chi connectivity index (χ2n) is 1.13. The van der Waals surface area contributed by atoms with Crippen LogP contribution in [-0.4, -0.2) is 41.8 Å². The summed E-state index contributed by atoms with van der Waals surface area (Å²) < 4.78 is 4.38. The van der Waals surface area contributed by atoms with Gasteiger partial charge in [0.05, 0.1) is 0 Å². The molecule has 0 aromatic heterocycles. The van der Waals surface area contributed by atoms with Gasteiger partial charge in [0.15, 0.2) is 5.78 Å². The largest absolute Gasteiger partial charge is 0.593 e. The number of ether oxygens (including phenoxy) is 1. The first-order valence-electron chi connectivity index (χ1n) is 2.28. The minimum Gasteiger partial charge on any atom is -0.593 e. The van der Waals surface area contributed by atoms with E-state index >= 15 is 0 Å². The summed E-state index contributed by atoms with van der Waals surface area (Å²) in [5.74, 6) is -0.289. The van der Waals surface area contributed by atoms with Crippen LogP contribution in [0.2, 0.25) is 0 Å². The molecule has 0 aliphatic rings. The maximum Gasteiger partial charge on any atom is 0.183 e. The van der Waals surface area contributed by atoms with Crippen LogP contribution in [0, 0.1) is 7.11 Å². The molecule has 0 rings (SSSR count). The number of rotatable bonds is 3. The first kappa shape index (κ1) is 29.2. The van der Waals surface area contributed by atoms with E-state index in [1.807, 2.05) is 0 Å². The Balaban J connectivity index is -0.0000000303. The van der Waals surface area contributed by atoms with E-state index in [0.717, 1.165) is 0 Å². The Labute approximate surface area is 109 Å². The summed E-state index contributed by atoms with van der Waals surface area (Å²) in [7, 11) is 3.91. The Morgan fingerprint density at radius 3 is 2.00 bits per heavy atom. The van der Waals surface area contributed by atoms with E-state index < -0.39 is 6.61 Å². The molecule has 0 aliphatic heterocycles. The third-order valence-corrected chi connectivity index (χ3v) is 0.482. The van der Waals surface area contributed by atoms with Crippen LogP contribution >= 0.6 is 0 Å². The summed E-state index contributed by atoms with van der Waals surface area (Å²) in [4.78, 5) is 10.0. The Hall–Kier alpha value is 1.20. The predicted molar refractivity (Wildman–Crippen MR) is 36.6 cm³/mol. The molecule has 0 atom stereocenters. The molecule has 5 nitrogen and oxygen atoms in total. The number of ketones is 1. The van der Waals surface area contributed by atoms with Gasteiger partial charge in [-0.1, -0.05) is 7.11 Å². The topological polar surface area (TPSA) is 101 Å². The van der Waals surface area contributed by atoms with Crippen LogP contribution in [0.3, 0.4) is 0 Å². The monoisotopic (exact) mass is 294 g/mol. The first-order valence-corrected chi connectivity index (χ1v) is 2.28. The fourth-order valence-corrected chi connectivity index (χ4v) is 0.207. The normalized spacial score (nSPS) is 5.67. The smallest absolute Gasteiger partial charge is 0.183 e. The van der Waals surface area contributed by atoms with E-state index in [4.69, 9.17) is 10.2 Å². The molecule has 0 saturated carbocycles. The Kier molecular flexibility index (Phi) is 71.9. The molecule has 5 N–H and O–H groups in total. The number of Topliss-reactive ketones (excluding diaryl/α,β-unsaturated/α-hetero) is 1. The van der Waals surface area contributed by atoms with Gasteiger partial charge in [-0.2, -0.15) is 0 Å². The fraction of sp³-hybridized carbons (Fsp3) is 0.600. The average Bonchev–Trinajstić information content (AvgIpc) is 1.93.